The highest BCUT2D eigenvalue weighted by Gasteiger charge is 2.28. The number of carbonyl (C=O) groups excluding carboxylic acids is 2. The zero-order chi connectivity index (χ0) is 21.0. The van der Waals surface area contributed by atoms with Crippen LogP contribution in [0.5, 0.6) is 17.2 Å². The summed E-state index contributed by atoms with van der Waals surface area (Å²) in [5.74, 6) is 1.15. The van der Waals surface area contributed by atoms with Gasteiger partial charge in [-0.3, -0.25) is 4.79 Å². The highest BCUT2D eigenvalue weighted by atomic mass is 16.6. The minimum Gasteiger partial charge on any atom is -0.494 e. The Morgan fingerprint density at radius 2 is 1.72 bits per heavy atom. The van der Waals surface area contributed by atoms with Crippen molar-refractivity contribution in [3.8, 4) is 17.2 Å². The summed E-state index contributed by atoms with van der Waals surface area (Å²) in [5.41, 5.74) is 0.701. The third-order valence-electron chi connectivity index (χ3n) is 3.91. The molecular weight excluding hydrogens is 372 g/mol. The molecule has 1 aliphatic heterocycles. The van der Waals surface area contributed by atoms with Crippen LogP contribution in [-0.4, -0.2) is 30.6 Å². The third kappa shape index (κ3) is 5.38. The normalized spacial score (nSPS) is 14.3. The van der Waals surface area contributed by atoms with Crippen LogP contribution in [0.15, 0.2) is 48.2 Å². The molecule has 3 rings (SSSR count). The summed E-state index contributed by atoms with van der Waals surface area (Å²) in [4.78, 5) is 24.4. The molecule has 0 atom stereocenters. The van der Waals surface area contributed by atoms with Crippen LogP contribution in [0.1, 0.15) is 43.6 Å². The van der Waals surface area contributed by atoms with Gasteiger partial charge in [-0.05, 0) is 63.6 Å². The van der Waals surface area contributed by atoms with Gasteiger partial charge in [0.15, 0.2) is 12.4 Å². The van der Waals surface area contributed by atoms with Crippen molar-refractivity contribution in [2.45, 2.75) is 33.3 Å². The molecule has 2 aromatic carbocycles. The molecule has 1 aliphatic rings. The van der Waals surface area contributed by atoms with Crippen LogP contribution < -0.4 is 14.2 Å². The van der Waals surface area contributed by atoms with Crippen molar-refractivity contribution in [3.05, 3.63) is 59.4 Å². The van der Waals surface area contributed by atoms with Gasteiger partial charge < -0.3 is 18.9 Å². The first-order valence-corrected chi connectivity index (χ1v) is 9.41. The fourth-order valence-corrected chi connectivity index (χ4v) is 2.75. The topological polar surface area (TPSA) is 71.1 Å². The van der Waals surface area contributed by atoms with E-state index in [-0.39, 0.29) is 18.1 Å². The van der Waals surface area contributed by atoms with E-state index >= 15 is 0 Å². The van der Waals surface area contributed by atoms with Crippen molar-refractivity contribution in [1.82, 2.24) is 0 Å². The van der Waals surface area contributed by atoms with Crippen molar-refractivity contribution < 1.29 is 28.5 Å². The van der Waals surface area contributed by atoms with Gasteiger partial charge in [-0.1, -0.05) is 12.1 Å². The Hall–Kier alpha value is -3.28. The molecule has 0 saturated carbocycles. The highest BCUT2D eigenvalue weighted by molar-refractivity contribution is 6.14. The van der Waals surface area contributed by atoms with Gasteiger partial charge in [0.05, 0.1) is 12.2 Å². The Morgan fingerprint density at radius 3 is 2.38 bits per heavy atom. The van der Waals surface area contributed by atoms with E-state index in [1.807, 2.05) is 31.2 Å². The molecule has 152 valence electrons. The van der Waals surface area contributed by atoms with E-state index in [9.17, 15) is 9.59 Å². The Labute approximate surface area is 170 Å². The molecule has 6 nitrogen and oxygen atoms in total. The third-order valence-corrected chi connectivity index (χ3v) is 3.91. The number of Topliss-reactive ketones (excluding diaryl/α,β-unsaturated/α-hetero) is 1. The number of fused-ring (bicyclic) bond motifs is 1. The van der Waals surface area contributed by atoms with Crippen molar-refractivity contribution in [2.24, 2.45) is 0 Å². The summed E-state index contributed by atoms with van der Waals surface area (Å²) in [6.07, 6.45) is 1.68. The number of hydrogen-bond acceptors (Lipinski definition) is 6. The first-order chi connectivity index (χ1) is 13.7. The smallest absolute Gasteiger partial charge is 0.344 e. The van der Waals surface area contributed by atoms with E-state index in [0.717, 1.165) is 11.3 Å². The number of allylic oxidation sites excluding steroid dienone is 1. The number of ketones is 1. The molecule has 0 saturated heterocycles. The number of hydrogen-bond donors (Lipinski definition) is 0. The van der Waals surface area contributed by atoms with Crippen LogP contribution in [0.3, 0.4) is 0 Å². The summed E-state index contributed by atoms with van der Waals surface area (Å²) in [7, 11) is 0. The number of carbonyl (C=O) groups is 2. The second-order valence-corrected chi connectivity index (χ2v) is 7.47. The molecular formula is C23H24O6. The Balaban J connectivity index is 1.68. The molecule has 0 fully saturated rings. The number of rotatable bonds is 6. The molecule has 1 heterocycles. The molecule has 29 heavy (non-hydrogen) atoms. The van der Waals surface area contributed by atoms with Gasteiger partial charge in [-0.2, -0.15) is 0 Å². The summed E-state index contributed by atoms with van der Waals surface area (Å²) in [6, 6.07) is 12.2. The van der Waals surface area contributed by atoms with Gasteiger partial charge in [0.2, 0.25) is 5.78 Å². The van der Waals surface area contributed by atoms with Gasteiger partial charge in [0.25, 0.3) is 0 Å². The van der Waals surface area contributed by atoms with Crippen LogP contribution in [0, 0.1) is 0 Å². The monoisotopic (exact) mass is 396 g/mol. The first-order valence-electron chi connectivity index (χ1n) is 9.41. The lowest BCUT2D eigenvalue weighted by atomic mass is 10.1. The fourth-order valence-electron chi connectivity index (χ4n) is 2.75. The Kier molecular flexibility index (Phi) is 5.92. The second-order valence-electron chi connectivity index (χ2n) is 7.47. The van der Waals surface area contributed by atoms with Gasteiger partial charge in [-0.15, -0.1) is 0 Å². The van der Waals surface area contributed by atoms with Crippen molar-refractivity contribution in [3.63, 3.8) is 0 Å². The average Bonchev–Trinajstić information content (AvgIpc) is 2.95. The van der Waals surface area contributed by atoms with Crippen LogP contribution in [0.25, 0.3) is 6.08 Å². The van der Waals surface area contributed by atoms with E-state index in [2.05, 4.69) is 0 Å². The maximum absolute atomic E-state index is 12.6. The minimum atomic E-state index is -0.575. The predicted molar refractivity (Wildman–Crippen MR) is 108 cm³/mol. The van der Waals surface area contributed by atoms with Crippen LogP contribution in [0.4, 0.5) is 0 Å². The van der Waals surface area contributed by atoms with Crippen LogP contribution in [0.2, 0.25) is 0 Å². The lowest BCUT2D eigenvalue weighted by molar-refractivity contribution is -0.157. The van der Waals surface area contributed by atoms with Gasteiger partial charge >= 0.3 is 5.97 Å². The number of esters is 1. The average molecular weight is 396 g/mol. The highest BCUT2D eigenvalue weighted by Crippen LogP contribution is 2.35. The maximum atomic E-state index is 12.6. The van der Waals surface area contributed by atoms with E-state index < -0.39 is 11.6 Å². The molecule has 0 unspecified atom stereocenters. The second kappa shape index (κ2) is 8.39. The predicted octanol–water partition coefficient (Wildman–Crippen LogP) is 4.42. The van der Waals surface area contributed by atoms with Crippen molar-refractivity contribution in [1.29, 1.82) is 0 Å². The van der Waals surface area contributed by atoms with Gasteiger partial charge in [0, 0.05) is 6.07 Å². The van der Waals surface area contributed by atoms with Crippen LogP contribution >= 0.6 is 0 Å². The van der Waals surface area contributed by atoms with Crippen molar-refractivity contribution >= 4 is 17.8 Å². The molecule has 0 radical (unpaired) electrons. The van der Waals surface area contributed by atoms with E-state index in [0.29, 0.717) is 23.7 Å². The summed E-state index contributed by atoms with van der Waals surface area (Å²) in [6.45, 7) is 7.66. The SMILES string of the molecule is CCOc1ccc(/C=C2\Oc3cc(OCC(=O)OC(C)(C)C)ccc3C2=O)cc1. The Morgan fingerprint density at radius 1 is 1.03 bits per heavy atom. The molecule has 0 bridgehead atoms. The molecule has 0 spiro atoms. The Bertz CT molecular complexity index is 935. The quantitative estimate of drug-likeness (QED) is 0.532. The lowest BCUT2D eigenvalue weighted by Gasteiger charge is -2.19. The fraction of sp³-hybridized carbons (Fsp3) is 0.304. The molecule has 0 aliphatic carbocycles. The minimum absolute atomic E-state index is 0.201. The van der Waals surface area contributed by atoms with Crippen LogP contribution in [-0.2, 0) is 9.53 Å². The standard InChI is InChI=1S/C23H24O6/c1-5-26-16-8-6-15(7-9-16)12-20-22(25)18-11-10-17(13-19(18)28-20)27-14-21(24)29-23(2,3)4/h6-13H,5,14H2,1-4H3/b20-12-. The van der Waals surface area contributed by atoms with Gasteiger partial charge in [0.1, 0.15) is 22.8 Å². The maximum Gasteiger partial charge on any atom is 0.344 e. The number of benzene rings is 2. The number of ether oxygens (including phenoxy) is 4. The van der Waals surface area contributed by atoms with E-state index in [4.69, 9.17) is 18.9 Å². The largest absolute Gasteiger partial charge is 0.494 e. The summed E-state index contributed by atoms with van der Waals surface area (Å²) in [5, 5.41) is 0. The molecule has 0 N–H and O–H groups in total. The molecule has 6 heteroatoms. The molecule has 0 aromatic heterocycles. The summed E-state index contributed by atoms with van der Waals surface area (Å²) >= 11 is 0. The summed E-state index contributed by atoms with van der Waals surface area (Å²) < 4.78 is 21.8. The first kappa shape index (κ1) is 20.5. The van der Waals surface area contributed by atoms with E-state index in [1.54, 1.807) is 45.0 Å². The molecule has 0 amide bonds. The van der Waals surface area contributed by atoms with E-state index in [1.165, 1.54) is 0 Å². The van der Waals surface area contributed by atoms with Crippen molar-refractivity contribution in [2.75, 3.05) is 13.2 Å². The molecule has 2 aromatic rings. The lowest BCUT2D eigenvalue weighted by Crippen LogP contribution is -2.27. The zero-order valence-corrected chi connectivity index (χ0v) is 17.0. The van der Waals surface area contributed by atoms with Gasteiger partial charge in [-0.25, -0.2) is 4.79 Å². The zero-order valence-electron chi connectivity index (χ0n) is 17.0.